The highest BCUT2D eigenvalue weighted by Crippen LogP contribution is 2.35. The number of anilines is 1. The highest BCUT2D eigenvalue weighted by Gasteiger charge is 2.22. The number of halogens is 2. The van der Waals surface area contributed by atoms with E-state index in [0.29, 0.717) is 29.8 Å². The summed E-state index contributed by atoms with van der Waals surface area (Å²) in [6.45, 7) is 3.07. The molecule has 0 saturated carbocycles. The van der Waals surface area contributed by atoms with Gasteiger partial charge in [-0.3, -0.25) is 9.55 Å². The van der Waals surface area contributed by atoms with Crippen molar-refractivity contribution in [2.24, 2.45) is 0 Å². The second kappa shape index (κ2) is 7.57. The molecular weight excluding hydrogens is 393 g/mol. The molecule has 1 fully saturated rings. The molecule has 8 heteroatoms. The van der Waals surface area contributed by atoms with Gasteiger partial charge in [-0.25, -0.2) is 14.4 Å². The van der Waals surface area contributed by atoms with Crippen molar-refractivity contribution in [2.75, 3.05) is 31.2 Å². The molecule has 0 N–H and O–H groups in total. The van der Waals surface area contributed by atoms with E-state index < -0.39 is 6.17 Å². The molecule has 4 heterocycles. The molecular formula is C21H19ClFN5O. The van der Waals surface area contributed by atoms with Crippen LogP contribution in [0.25, 0.3) is 28.1 Å². The molecule has 0 spiro atoms. The number of ether oxygens (including phenoxy) is 1. The lowest BCUT2D eigenvalue weighted by molar-refractivity contribution is 0.122. The molecule has 0 bridgehead atoms. The van der Waals surface area contributed by atoms with Crippen LogP contribution < -0.4 is 4.90 Å². The van der Waals surface area contributed by atoms with Crippen LogP contribution >= 0.6 is 11.6 Å². The van der Waals surface area contributed by atoms with E-state index in [1.165, 1.54) is 6.08 Å². The first kappa shape index (κ1) is 18.3. The number of alkyl halides is 1. The van der Waals surface area contributed by atoms with Gasteiger partial charge in [-0.2, -0.15) is 0 Å². The summed E-state index contributed by atoms with van der Waals surface area (Å²) < 4.78 is 21.1. The number of rotatable bonds is 3. The molecule has 5 rings (SSSR count). The summed E-state index contributed by atoms with van der Waals surface area (Å²) in [4.78, 5) is 15.9. The topological polar surface area (TPSA) is 56.1 Å². The van der Waals surface area contributed by atoms with E-state index in [1.807, 2.05) is 29.0 Å². The SMILES string of the molecule is FC1C=C(Cl)C(n2c(-c3ccc(N4CCOCC4)nc3)nc3ccncc32)=CC1. The summed E-state index contributed by atoms with van der Waals surface area (Å²) in [5.41, 5.74) is 3.17. The maximum atomic E-state index is 13.7. The number of fused-ring (bicyclic) bond motifs is 1. The number of morpholine rings is 1. The predicted molar refractivity (Wildman–Crippen MR) is 112 cm³/mol. The lowest BCUT2D eigenvalue weighted by Gasteiger charge is -2.27. The number of aromatic nitrogens is 4. The third kappa shape index (κ3) is 3.41. The summed E-state index contributed by atoms with van der Waals surface area (Å²) in [7, 11) is 0. The first-order valence-electron chi connectivity index (χ1n) is 9.54. The molecule has 3 aromatic rings. The van der Waals surface area contributed by atoms with Gasteiger partial charge in [-0.1, -0.05) is 17.7 Å². The molecule has 1 atom stereocenters. The van der Waals surface area contributed by atoms with E-state index in [1.54, 1.807) is 18.5 Å². The van der Waals surface area contributed by atoms with Crippen LogP contribution in [0.3, 0.4) is 0 Å². The standard InChI is InChI=1S/C21H19ClFN5O/c22-16-11-15(23)2-3-18(16)28-19-13-24-6-5-17(19)26-21(28)14-1-4-20(25-12-14)27-7-9-29-10-8-27/h1,3-6,11-13,15H,2,7-10H2. The Hall–Kier alpha value is -2.77. The van der Waals surface area contributed by atoms with Gasteiger partial charge in [-0.05, 0) is 24.3 Å². The van der Waals surface area contributed by atoms with E-state index in [2.05, 4.69) is 14.9 Å². The number of hydrogen-bond acceptors (Lipinski definition) is 5. The first-order valence-corrected chi connectivity index (χ1v) is 9.92. The van der Waals surface area contributed by atoms with Crippen LogP contribution in [0, 0.1) is 0 Å². The number of imidazole rings is 1. The number of pyridine rings is 2. The summed E-state index contributed by atoms with van der Waals surface area (Å²) in [6, 6.07) is 5.85. The Labute approximate surface area is 172 Å². The largest absolute Gasteiger partial charge is 0.378 e. The minimum absolute atomic E-state index is 0.277. The minimum atomic E-state index is -1.07. The van der Waals surface area contributed by atoms with E-state index in [9.17, 15) is 4.39 Å². The molecule has 29 heavy (non-hydrogen) atoms. The van der Waals surface area contributed by atoms with Crippen LogP contribution in [0.4, 0.5) is 10.2 Å². The van der Waals surface area contributed by atoms with Crippen molar-refractivity contribution in [3.63, 3.8) is 0 Å². The molecule has 1 aliphatic heterocycles. The summed E-state index contributed by atoms with van der Waals surface area (Å²) >= 11 is 6.41. The average molecular weight is 412 g/mol. The maximum Gasteiger partial charge on any atom is 0.147 e. The molecule has 0 amide bonds. The fourth-order valence-electron chi connectivity index (χ4n) is 3.69. The zero-order valence-electron chi connectivity index (χ0n) is 15.6. The molecule has 148 valence electrons. The number of nitrogens with zero attached hydrogens (tertiary/aromatic N) is 5. The van der Waals surface area contributed by atoms with Gasteiger partial charge in [-0.15, -0.1) is 0 Å². The first-order chi connectivity index (χ1) is 14.2. The van der Waals surface area contributed by atoms with Crippen molar-refractivity contribution in [1.82, 2.24) is 19.5 Å². The fourth-order valence-corrected chi connectivity index (χ4v) is 3.99. The van der Waals surface area contributed by atoms with Crippen molar-refractivity contribution >= 4 is 34.1 Å². The second-order valence-electron chi connectivity index (χ2n) is 7.00. The molecule has 3 aromatic heterocycles. The van der Waals surface area contributed by atoms with Crippen LogP contribution in [0.2, 0.25) is 0 Å². The zero-order chi connectivity index (χ0) is 19.8. The molecule has 1 aliphatic carbocycles. The summed E-state index contributed by atoms with van der Waals surface area (Å²) in [5, 5.41) is 0.367. The van der Waals surface area contributed by atoms with Crippen molar-refractivity contribution in [3.8, 4) is 11.4 Å². The quantitative estimate of drug-likeness (QED) is 0.651. The van der Waals surface area contributed by atoms with Gasteiger partial charge in [0.05, 0.1) is 41.2 Å². The third-order valence-electron chi connectivity index (χ3n) is 5.15. The van der Waals surface area contributed by atoms with Gasteiger partial charge in [0, 0.05) is 37.5 Å². The van der Waals surface area contributed by atoms with Crippen molar-refractivity contribution in [3.05, 3.63) is 54.0 Å². The van der Waals surface area contributed by atoms with Crippen molar-refractivity contribution in [1.29, 1.82) is 0 Å². The lowest BCUT2D eigenvalue weighted by Crippen LogP contribution is -2.36. The Bertz CT molecular complexity index is 1100. The number of hydrogen-bond donors (Lipinski definition) is 0. The Morgan fingerprint density at radius 2 is 2.00 bits per heavy atom. The minimum Gasteiger partial charge on any atom is -0.378 e. The highest BCUT2D eigenvalue weighted by molar-refractivity contribution is 6.36. The molecule has 6 nitrogen and oxygen atoms in total. The van der Waals surface area contributed by atoms with Crippen LogP contribution in [0.1, 0.15) is 6.42 Å². The van der Waals surface area contributed by atoms with Gasteiger partial charge < -0.3 is 9.64 Å². The van der Waals surface area contributed by atoms with Gasteiger partial charge in [0.1, 0.15) is 17.8 Å². The molecule has 1 unspecified atom stereocenters. The molecule has 0 radical (unpaired) electrons. The van der Waals surface area contributed by atoms with Gasteiger partial charge >= 0.3 is 0 Å². The fraction of sp³-hybridized carbons (Fsp3) is 0.286. The van der Waals surface area contributed by atoms with Gasteiger partial charge in [0.2, 0.25) is 0 Å². The Balaban J connectivity index is 1.59. The van der Waals surface area contributed by atoms with Crippen LogP contribution in [-0.4, -0.2) is 52.0 Å². The van der Waals surface area contributed by atoms with E-state index in [4.69, 9.17) is 21.3 Å². The van der Waals surface area contributed by atoms with Crippen LogP contribution in [0.15, 0.2) is 54.0 Å². The Kier molecular flexibility index (Phi) is 4.77. The molecule has 0 aromatic carbocycles. The molecule has 2 aliphatic rings. The normalized spacial score (nSPS) is 19.9. The summed E-state index contributed by atoms with van der Waals surface area (Å²) in [6.07, 6.45) is 7.70. The van der Waals surface area contributed by atoms with Crippen molar-refractivity contribution in [2.45, 2.75) is 12.6 Å². The van der Waals surface area contributed by atoms with Crippen LogP contribution in [-0.2, 0) is 4.74 Å². The summed E-state index contributed by atoms with van der Waals surface area (Å²) in [5.74, 6) is 1.61. The zero-order valence-corrected chi connectivity index (χ0v) is 16.4. The third-order valence-corrected chi connectivity index (χ3v) is 5.47. The number of allylic oxidation sites excluding steroid dienone is 4. The lowest BCUT2D eigenvalue weighted by atomic mass is 10.1. The van der Waals surface area contributed by atoms with Crippen LogP contribution in [0.5, 0.6) is 0 Å². The molecule has 1 saturated heterocycles. The van der Waals surface area contributed by atoms with Gasteiger partial charge in [0.25, 0.3) is 0 Å². The van der Waals surface area contributed by atoms with E-state index in [0.717, 1.165) is 35.5 Å². The maximum absolute atomic E-state index is 13.7. The predicted octanol–water partition coefficient (Wildman–Crippen LogP) is 4.04. The average Bonchev–Trinajstić information content (AvgIpc) is 3.14. The van der Waals surface area contributed by atoms with Gasteiger partial charge in [0.15, 0.2) is 0 Å². The van der Waals surface area contributed by atoms with E-state index in [-0.39, 0.29) is 6.42 Å². The highest BCUT2D eigenvalue weighted by atomic mass is 35.5. The Morgan fingerprint density at radius 3 is 2.76 bits per heavy atom. The van der Waals surface area contributed by atoms with Crippen molar-refractivity contribution < 1.29 is 9.13 Å². The second-order valence-corrected chi connectivity index (χ2v) is 7.40. The smallest absolute Gasteiger partial charge is 0.147 e. The monoisotopic (exact) mass is 411 g/mol. The Morgan fingerprint density at radius 1 is 1.14 bits per heavy atom. The van der Waals surface area contributed by atoms with E-state index >= 15 is 0 Å².